The zero-order valence-corrected chi connectivity index (χ0v) is 10.2. The normalized spacial score (nSPS) is 11.9. The van der Waals surface area contributed by atoms with Crippen LogP contribution in [0, 0.1) is 0 Å². The third kappa shape index (κ3) is 3.35. The van der Waals surface area contributed by atoms with Crippen LogP contribution in [0.4, 0.5) is 0 Å². The zero-order valence-electron chi connectivity index (χ0n) is 10.2. The van der Waals surface area contributed by atoms with Crippen molar-refractivity contribution in [2.75, 3.05) is 0 Å². The summed E-state index contributed by atoms with van der Waals surface area (Å²) in [4.78, 5) is 0. The van der Waals surface area contributed by atoms with Crippen molar-refractivity contribution >= 4 is 18.0 Å². The van der Waals surface area contributed by atoms with Crippen molar-refractivity contribution in [2.45, 2.75) is 0 Å². The fraction of sp³-hybridized carbons (Fsp3) is 0. The van der Waals surface area contributed by atoms with Crippen molar-refractivity contribution in [2.24, 2.45) is 10.9 Å². The van der Waals surface area contributed by atoms with Crippen LogP contribution in [0.3, 0.4) is 0 Å². The number of phenols is 1. The minimum absolute atomic E-state index is 0.0832. The molecule has 19 heavy (non-hydrogen) atoms. The van der Waals surface area contributed by atoms with Crippen molar-refractivity contribution in [1.29, 1.82) is 0 Å². The SMILES string of the molecule is N/C(=N\O)c1cccc(/C=C/c2ccc(O)cc2)c1. The molecule has 0 saturated carbocycles. The van der Waals surface area contributed by atoms with Crippen LogP contribution in [-0.2, 0) is 0 Å². The lowest BCUT2D eigenvalue weighted by Gasteiger charge is -2.00. The molecular formula is C15H14N2O2. The highest BCUT2D eigenvalue weighted by molar-refractivity contribution is 5.97. The maximum Gasteiger partial charge on any atom is 0.170 e. The van der Waals surface area contributed by atoms with Crippen molar-refractivity contribution in [1.82, 2.24) is 0 Å². The molecule has 0 amide bonds. The Morgan fingerprint density at radius 3 is 2.37 bits per heavy atom. The highest BCUT2D eigenvalue weighted by atomic mass is 16.4. The van der Waals surface area contributed by atoms with E-state index in [2.05, 4.69) is 5.16 Å². The van der Waals surface area contributed by atoms with Crippen LogP contribution in [0.5, 0.6) is 5.75 Å². The van der Waals surface area contributed by atoms with E-state index in [0.717, 1.165) is 11.1 Å². The van der Waals surface area contributed by atoms with Gasteiger partial charge in [-0.25, -0.2) is 0 Å². The second kappa shape index (κ2) is 5.73. The predicted molar refractivity (Wildman–Crippen MR) is 76.0 cm³/mol. The van der Waals surface area contributed by atoms with Gasteiger partial charge in [0.25, 0.3) is 0 Å². The van der Waals surface area contributed by atoms with Gasteiger partial charge in [0.1, 0.15) is 5.75 Å². The van der Waals surface area contributed by atoms with Crippen molar-refractivity contribution < 1.29 is 10.3 Å². The second-order valence-electron chi connectivity index (χ2n) is 4.04. The molecule has 96 valence electrons. The topological polar surface area (TPSA) is 78.8 Å². The molecule has 4 N–H and O–H groups in total. The third-order valence-corrected chi connectivity index (χ3v) is 2.65. The van der Waals surface area contributed by atoms with Crippen LogP contribution >= 0.6 is 0 Å². The number of oxime groups is 1. The molecule has 4 heteroatoms. The highest BCUT2D eigenvalue weighted by Crippen LogP contribution is 2.13. The molecule has 0 aliphatic heterocycles. The summed E-state index contributed by atoms with van der Waals surface area (Å²) in [5, 5.41) is 20.8. The second-order valence-corrected chi connectivity index (χ2v) is 4.04. The first-order valence-corrected chi connectivity index (χ1v) is 5.74. The number of aromatic hydroxyl groups is 1. The first kappa shape index (κ1) is 12.7. The van der Waals surface area contributed by atoms with E-state index < -0.39 is 0 Å². The van der Waals surface area contributed by atoms with Gasteiger partial charge in [0.05, 0.1) is 0 Å². The minimum atomic E-state index is 0.0832. The van der Waals surface area contributed by atoms with Crippen LogP contribution in [0.2, 0.25) is 0 Å². The molecule has 0 heterocycles. The largest absolute Gasteiger partial charge is 0.508 e. The van der Waals surface area contributed by atoms with Gasteiger partial charge in [0.2, 0.25) is 0 Å². The van der Waals surface area contributed by atoms with E-state index in [0.29, 0.717) is 5.56 Å². The van der Waals surface area contributed by atoms with Gasteiger partial charge in [-0.1, -0.05) is 47.6 Å². The first-order valence-electron chi connectivity index (χ1n) is 5.74. The van der Waals surface area contributed by atoms with E-state index in [4.69, 9.17) is 10.9 Å². The van der Waals surface area contributed by atoms with Crippen molar-refractivity contribution in [3.63, 3.8) is 0 Å². The smallest absolute Gasteiger partial charge is 0.170 e. The molecule has 0 radical (unpaired) electrons. The molecule has 0 spiro atoms. The summed E-state index contributed by atoms with van der Waals surface area (Å²) in [6.07, 6.45) is 3.84. The van der Waals surface area contributed by atoms with E-state index in [1.807, 2.05) is 42.5 Å². The van der Waals surface area contributed by atoms with Gasteiger partial charge in [0.15, 0.2) is 5.84 Å². The minimum Gasteiger partial charge on any atom is -0.508 e. The van der Waals surface area contributed by atoms with E-state index >= 15 is 0 Å². The van der Waals surface area contributed by atoms with Gasteiger partial charge in [-0.15, -0.1) is 0 Å². The van der Waals surface area contributed by atoms with Crippen LogP contribution in [0.1, 0.15) is 16.7 Å². The fourth-order valence-electron chi connectivity index (χ4n) is 1.64. The standard InChI is InChI=1S/C15H14N2O2/c16-15(17-19)13-3-1-2-12(10-13)5-4-11-6-8-14(18)9-7-11/h1-10,18-19H,(H2,16,17)/b5-4+. The van der Waals surface area contributed by atoms with Gasteiger partial charge >= 0.3 is 0 Å². The van der Waals surface area contributed by atoms with Crippen LogP contribution in [0.15, 0.2) is 53.7 Å². The Kier molecular flexibility index (Phi) is 3.83. The summed E-state index contributed by atoms with van der Waals surface area (Å²) in [5.41, 5.74) is 8.12. The van der Waals surface area contributed by atoms with E-state index in [-0.39, 0.29) is 11.6 Å². The molecule has 2 aromatic rings. The van der Waals surface area contributed by atoms with E-state index in [1.165, 1.54) is 0 Å². The molecule has 2 aromatic carbocycles. The Morgan fingerprint density at radius 2 is 1.68 bits per heavy atom. The van der Waals surface area contributed by atoms with Gasteiger partial charge in [0, 0.05) is 5.56 Å². The lowest BCUT2D eigenvalue weighted by atomic mass is 10.1. The highest BCUT2D eigenvalue weighted by Gasteiger charge is 1.98. The average Bonchev–Trinajstić information content (AvgIpc) is 2.46. The lowest BCUT2D eigenvalue weighted by Crippen LogP contribution is -2.12. The van der Waals surface area contributed by atoms with Crippen LogP contribution in [0.25, 0.3) is 12.2 Å². The summed E-state index contributed by atoms with van der Waals surface area (Å²) in [5.74, 6) is 0.325. The predicted octanol–water partition coefficient (Wildman–Crippen LogP) is 2.66. The maximum absolute atomic E-state index is 9.19. The molecule has 0 fully saturated rings. The maximum atomic E-state index is 9.19. The number of nitrogens with zero attached hydrogens (tertiary/aromatic N) is 1. The Hall–Kier alpha value is -2.75. The van der Waals surface area contributed by atoms with Gasteiger partial charge in [-0.05, 0) is 29.3 Å². The molecule has 4 nitrogen and oxygen atoms in total. The number of nitrogens with two attached hydrogens (primary N) is 1. The molecule has 0 aliphatic carbocycles. The molecule has 0 bridgehead atoms. The summed E-state index contributed by atoms with van der Waals surface area (Å²) in [6, 6.07) is 14.3. The number of benzene rings is 2. The average molecular weight is 254 g/mol. The molecular weight excluding hydrogens is 240 g/mol. The zero-order chi connectivity index (χ0) is 13.7. The Morgan fingerprint density at radius 1 is 1.00 bits per heavy atom. The molecule has 0 aromatic heterocycles. The monoisotopic (exact) mass is 254 g/mol. The Labute approximate surface area is 111 Å². The number of hydrogen-bond acceptors (Lipinski definition) is 3. The van der Waals surface area contributed by atoms with Gasteiger partial charge < -0.3 is 16.0 Å². The Bertz CT molecular complexity index is 616. The third-order valence-electron chi connectivity index (χ3n) is 2.65. The molecule has 2 rings (SSSR count). The molecule has 0 saturated heterocycles. The van der Waals surface area contributed by atoms with Crippen molar-refractivity contribution in [3.05, 3.63) is 65.2 Å². The van der Waals surface area contributed by atoms with Crippen LogP contribution in [-0.4, -0.2) is 16.1 Å². The Balaban J connectivity index is 2.21. The summed E-state index contributed by atoms with van der Waals surface area (Å²) in [6.45, 7) is 0. The number of amidine groups is 1. The summed E-state index contributed by atoms with van der Waals surface area (Å²) in [7, 11) is 0. The van der Waals surface area contributed by atoms with Crippen molar-refractivity contribution in [3.8, 4) is 5.75 Å². The quantitative estimate of drug-likeness (QED) is 0.259. The first-order chi connectivity index (χ1) is 9.19. The lowest BCUT2D eigenvalue weighted by molar-refractivity contribution is 0.318. The van der Waals surface area contributed by atoms with Gasteiger partial charge in [-0.3, -0.25) is 0 Å². The summed E-state index contributed by atoms with van der Waals surface area (Å²) < 4.78 is 0. The van der Waals surface area contributed by atoms with Crippen LogP contribution < -0.4 is 5.73 Å². The van der Waals surface area contributed by atoms with Gasteiger partial charge in [-0.2, -0.15) is 0 Å². The number of rotatable bonds is 3. The fourth-order valence-corrected chi connectivity index (χ4v) is 1.64. The van der Waals surface area contributed by atoms with E-state index in [9.17, 15) is 5.11 Å². The molecule has 0 unspecified atom stereocenters. The molecule has 0 aliphatic rings. The summed E-state index contributed by atoms with van der Waals surface area (Å²) >= 11 is 0. The molecule has 0 atom stereocenters. The number of hydrogen-bond donors (Lipinski definition) is 3. The van der Waals surface area contributed by atoms with E-state index in [1.54, 1.807) is 18.2 Å². The number of phenolic OH excluding ortho intramolecular Hbond substituents is 1.